The highest BCUT2D eigenvalue weighted by Crippen LogP contribution is 2.13. The Morgan fingerprint density at radius 1 is 1.69 bits per heavy atom. The lowest BCUT2D eigenvalue weighted by Crippen LogP contribution is -2.35. The molecule has 0 aromatic heterocycles. The van der Waals surface area contributed by atoms with E-state index in [1.54, 1.807) is 0 Å². The molecule has 1 amide bonds. The molecule has 5 heteroatoms. The number of carbonyl (C=O) groups excluding carboxylic acids is 1. The largest absolute Gasteiger partial charge is 0.478 e. The molecule has 0 saturated heterocycles. The van der Waals surface area contributed by atoms with Gasteiger partial charge >= 0.3 is 5.97 Å². The van der Waals surface area contributed by atoms with Gasteiger partial charge in [-0.2, -0.15) is 0 Å². The van der Waals surface area contributed by atoms with Gasteiger partial charge in [-0.15, -0.1) is 0 Å². The van der Waals surface area contributed by atoms with Crippen LogP contribution in [0.5, 0.6) is 0 Å². The number of amides is 1. The lowest BCUT2D eigenvalue weighted by molar-refractivity contribution is -0.133. The molecule has 1 aliphatic heterocycles. The first kappa shape index (κ1) is 9.73. The van der Waals surface area contributed by atoms with Gasteiger partial charge in [-0.25, -0.2) is 4.79 Å². The van der Waals surface area contributed by atoms with Crippen LogP contribution in [0.1, 0.15) is 6.42 Å². The van der Waals surface area contributed by atoms with E-state index in [-0.39, 0.29) is 23.7 Å². The average molecular weight is 185 g/mol. The number of carboxylic acids is 1. The van der Waals surface area contributed by atoms with Crippen molar-refractivity contribution < 1.29 is 19.4 Å². The highest BCUT2D eigenvalue weighted by molar-refractivity contribution is 6.03. The molecule has 0 aromatic carbocycles. The summed E-state index contributed by atoms with van der Waals surface area (Å²) in [6.07, 6.45) is 0.361. The Labute approximate surface area is 75.4 Å². The SMILES string of the molecule is COCC1=C(C(=O)O)CCNC1=O. The second-order valence-corrected chi connectivity index (χ2v) is 2.70. The van der Waals surface area contributed by atoms with Gasteiger partial charge in [0.2, 0.25) is 5.91 Å². The zero-order valence-corrected chi connectivity index (χ0v) is 7.29. The molecular weight excluding hydrogens is 174 g/mol. The van der Waals surface area contributed by atoms with Gasteiger partial charge in [-0.1, -0.05) is 0 Å². The summed E-state index contributed by atoms with van der Waals surface area (Å²) in [6, 6.07) is 0. The summed E-state index contributed by atoms with van der Waals surface area (Å²) in [5.74, 6) is -1.38. The Bertz CT molecular complexity index is 269. The van der Waals surface area contributed by atoms with Crippen LogP contribution < -0.4 is 5.32 Å². The number of hydrogen-bond acceptors (Lipinski definition) is 3. The fourth-order valence-corrected chi connectivity index (χ4v) is 1.23. The topological polar surface area (TPSA) is 75.6 Å². The summed E-state index contributed by atoms with van der Waals surface area (Å²) < 4.78 is 4.75. The zero-order valence-electron chi connectivity index (χ0n) is 7.29. The van der Waals surface area contributed by atoms with Crippen molar-refractivity contribution >= 4 is 11.9 Å². The molecule has 0 bridgehead atoms. The molecule has 0 spiro atoms. The molecule has 13 heavy (non-hydrogen) atoms. The fourth-order valence-electron chi connectivity index (χ4n) is 1.23. The van der Waals surface area contributed by atoms with Gasteiger partial charge < -0.3 is 15.2 Å². The maximum atomic E-state index is 11.2. The third kappa shape index (κ3) is 2.06. The van der Waals surface area contributed by atoms with Crippen LogP contribution >= 0.6 is 0 Å². The van der Waals surface area contributed by atoms with Crippen LogP contribution in [0.4, 0.5) is 0 Å². The number of aliphatic carboxylic acids is 1. The molecule has 0 fully saturated rings. The molecule has 0 unspecified atom stereocenters. The molecule has 5 nitrogen and oxygen atoms in total. The molecule has 1 heterocycles. The standard InChI is InChI=1S/C8H11NO4/c1-13-4-6-5(8(11)12)2-3-9-7(6)10/h2-4H2,1H3,(H,9,10)(H,11,12). The monoisotopic (exact) mass is 185 g/mol. The van der Waals surface area contributed by atoms with E-state index < -0.39 is 5.97 Å². The summed E-state index contributed by atoms with van der Waals surface area (Å²) in [5.41, 5.74) is 0.381. The zero-order chi connectivity index (χ0) is 9.84. The van der Waals surface area contributed by atoms with Crippen molar-refractivity contribution in [1.29, 1.82) is 0 Å². The second kappa shape index (κ2) is 4.04. The molecule has 0 aromatic rings. The normalized spacial score (nSPS) is 17.2. The summed E-state index contributed by atoms with van der Waals surface area (Å²) >= 11 is 0. The van der Waals surface area contributed by atoms with E-state index in [1.807, 2.05) is 0 Å². The number of ether oxygens (including phenoxy) is 1. The number of nitrogens with one attached hydrogen (secondary N) is 1. The molecule has 0 atom stereocenters. The van der Waals surface area contributed by atoms with E-state index in [4.69, 9.17) is 9.84 Å². The van der Waals surface area contributed by atoms with Gasteiger partial charge in [0.1, 0.15) is 0 Å². The smallest absolute Gasteiger partial charge is 0.332 e. The van der Waals surface area contributed by atoms with Gasteiger partial charge in [0.05, 0.1) is 12.2 Å². The first-order chi connectivity index (χ1) is 6.16. The minimum atomic E-state index is -1.04. The van der Waals surface area contributed by atoms with Crippen LogP contribution in [0.3, 0.4) is 0 Å². The summed E-state index contributed by atoms with van der Waals surface area (Å²) in [7, 11) is 1.42. The van der Waals surface area contributed by atoms with Crippen molar-refractivity contribution in [1.82, 2.24) is 5.32 Å². The second-order valence-electron chi connectivity index (χ2n) is 2.70. The van der Waals surface area contributed by atoms with Crippen LogP contribution in [0.15, 0.2) is 11.1 Å². The van der Waals surface area contributed by atoms with Gasteiger partial charge in [0.15, 0.2) is 0 Å². The fraction of sp³-hybridized carbons (Fsp3) is 0.500. The van der Waals surface area contributed by atoms with Gasteiger partial charge in [-0.05, 0) is 6.42 Å². The van der Waals surface area contributed by atoms with Crippen molar-refractivity contribution in [3.63, 3.8) is 0 Å². The van der Waals surface area contributed by atoms with Crippen molar-refractivity contribution in [2.24, 2.45) is 0 Å². The van der Waals surface area contributed by atoms with Gasteiger partial charge in [0, 0.05) is 19.2 Å². The third-order valence-electron chi connectivity index (χ3n) is 1.85. The Kier molecular flexibility index (Phi) is 3.02. The van der Waals surface area contributed by atoms with Crippen LogP contribution in [0.25, 0.3) is 0 Å². The summed E-state index contributed by atoms with van der Waals surface area (Å²) in [4.78, 5) is 21.9. The summed E-state index contributed by atoms with van der Waals surface area (Å²) in [6.45, 7) is 0.432. The predicted molar refractivity (Wildman–Crippen MR) is 44.2 cm³/mol. The van der Waals surface area contributed by atoms with Crippen LogP contribution in [0, 0.1) is 0 Å². The Balaban J connectivity index is 2.96. The van der Waals surface area contributed by atoms with E-state index in [0.717, 1.165) is 0 Å². The van der Waals surface area contributed by atoms with Crippen molar-refractivity contribution in [2.75, 3.05) is 20.3 Å². The number of rotatable bonds is 3. The molecular formula is C8H11NO4. The van der Waals surface area contributed by atoms with E-state index in [9.17, 15) is 9.59 Å². The average Bonchev–Trinajstić information content (AvgIpc) is 2.08. The highest BCUT2D eigenvalue weighted by Gasteiger charge is 2.23. The molecule has 0 aliphatic carbocycles. The van der Waals surface area contributed by atoms with E-state index >= 15 is 0 Å². The minimum Gasteiger partial charge on any atom is -0.478 e. The molecule has 1 aliphatic rings. The van der Waals surface area contributed by atoms with E-state index in [1.165, 1.54) is 7.11 Å². The van der Waals surface area contributed by atoms with Crippen molar-refractivity contribution in [2.45, 2.75) is 6.42 Å². The lowest BCUT2D eigenvalue weighted by Gasteiger charge is -2.17. The van der Waals surface area contributed by atoms with Crippen molar-refractivity contribution in [3.8, 4) is 0 Å². The molecule has 72 valence electrons. The minimum absolute atomic E-state index is 0.0491. The molecule has 0 radical (unpaired) electrons. The predicted octanol–water partition coefficient (Wildman–Crippen LogP) is -0.466. The number of carbonyl (C=O) groups is 2. The number of methoxy groups -OCH3 is 1. The van der Waals surface area contributed by atoms with Crippen LogP contribution in [-0.4, -0.2) is 37.2 Å². The third-order valence-corrected chi connectivity index (χ3v) is 1.85. The number of hydrogen-bond donors (Lipinski definition) is 2. The van der Waals surface area contributed by atoms with Gasteiger partial charge in [0.25, 0.3) is 0 Å². The Morgan fingerprint density at radius 3 is 2.92 bits per heavy atom. The summed E-state index contributed by atoms with van der Waals surface area (Å²) in [5, 5.41) is 11.3. The van der Waals surface area contributed by atoms with Crippen LogP contribution in [0.2, 0.25) is 0 Å². The quantitative estimate of drug-likeness (QED) is 0.623. The first-order valence-electron chi connectivity index (χ1n) is 3.89. The molecule has 2 N–H and O–H groups in total. The highest BCUT2D eigenvalue weighted by atomic mass is 16.5. The Morgan fingerprint density at radius 2 is 2.38 bits per heavy atom. The van der Waals surface area contributed by atoms with E-state index in [2.05, 4.69) is 5.32 Å². The molecule has 1 rings (SSSR count). The molecule has 0 saturated carbocycles. The number of carboxylic acid groups (broad SMARTS) is 1. The van der Waals surface area contributed by atoms with Crippen LogP contribution in [-0.2, 0) is 14.3 Å². The lowest BCUT2D eigenvalue weighted by atomic mass is 10.0. The van der Waals surface area contributed by atoms with Crippen molar-refractivity contribution in [3.05, 3.63) is 11.1 Å². The van der Waals surface area contributed by atoms with Gasteiger partial charge in [-0.3, -0.25) is 4.79 Å². The van der Waals surface area contributed by atoms with E-state index in [0.29, 0.717) is 13.0 Å². The maximum absolute atomic E-state index is 11.2. The maximum Gasteiger partial charge on any atom is 0.332 e. The Hall–Kier alpha value is -1.36. The first-order valence-corrected chi connectivity index (χ1v) is 3.89.